The molecule has 0 aromatic heterocycles. The molecule has 0 fully saturated rings. The van der Waals surface area contributed by atoms with Gasteiger partial charge < -0.3 is 0 Å². The average molecular weight is 482 g/mol. The van der Waals surface area contributed by atoms with E-state index in [0.717, 1.165) is 0 Å². The Balaban J connectivity index is -0.00000000167. The first-order chi connectivity index (χ1) is 1.00. The minimum Gasteiger partial charge on any atom is 0 e. The molecule has 1 nitrogen and oxygen atoms in total. The molecule has 5 heteroatoms. The average Bonchev–Trinajstić information content (AvgIpc) is 1.00. The van der Waals surface area contributed by atoms with E-state index in [4.69, 9.17) is 3.90 Å². The van der Waals surface area contributed by atoms with Crippen molar-refractivity contribution in [3.05, 3.63) is 0 Å². The van der Waals surface area contributed by atoms with Gasteiger partial charge in [0, 0.05) is 73.6 Å². The van der Waals surface area contributed by atoms with E-state index < -0.39 is 0 Å². The van der Waals surface area contributed by atoms with Crippen molar-refractivity contribution in [2.24, 2.45) is 0 Å². The van der Waals surface area contributed by atoms with Gasteiger partial charge in [-0.15, -0.1) is 0 Å². The van der Waals surface area contributed by atoms with Gasteiger partial charge in [-0.3, -0.25) is 0 Å². The molecule has 29 valence electrons. The van der Waals surface area contributed by atoms with E-state index in [-0.39, 0.29) is 73.6 Å². The minimum atomic E-state index is 0. The number of hydrogen-bond donors (Lipinski definition) is 0. The van der Waals surface area contributed by atoms with Crippen LogP contribution in [-0.2, 0) is 37.8 Å². The van der Waals surface area contributed by atoms with Gasteiger partial charge in [-0.05, 0) is 0 Å². The van der Waals surface area contributed by atoms with Crippen LogP contribution in [0.15, 0.2) is 0 Å². The molecule has 0 aromatic rings. The van der Waals surface area contributed by atoms with Crippen LogP contribution in [0.1, 0.15) is 0 Å². The molecule has 0 rings (SSSR count). The molecule has 0 spiro atoms. The van der Waals surface area contributed by atoms with Crippen LogP contribution in [0.3, 0.4) is 0 Å². The third-order valence-electron chi connectivity index (χ3n) is 0. The van der Waals surface area contributed by atoms with Crippen LogP contribution in [0.25, 0.3) is 0 Å². The van der Waals surface area contributed by atoms with Crippen LogP contribution in [0, 0.1) is 31.1 Å². The monoisotopic (exact) mass is 483 g/mol. The van der Waals surface area contributed by atoms with Crippen molar-refractivity contribution >= 4 is 23.9 Å². The zero-order valence-corrected chi connectivity index (χ0v) is 11.6. The van der Waals surface area contributed by atoms with E-state index in [2.05, 4.69) is 15.4 Å². The van der Waals surface area contributed by atoms with E-state index in [1.165, 1.54) is 0 Å². The van der Waals surface area contributed by atoms with E-state index in [9.17, 15) is 0 Å². The molecule has 0 aliphatic rings. The fourth-order valence-electron chi connectivity index (χ4n) is 0. The summed E-state index contributed by atoms with van der Waals surface area (Å²) in [6.07, 6.45) is 0. The van der Waals surface area contributed by atoms with E-state index >= 15 is 0 Å². The minimum absolute atomic E-state index is 0. The smallest absolute Gasteiger partial charge is 0 e. The normalized spacial score (nSPS) is 1.20. The van der Waals surface area contributed by atoms with Crippen LogP contribution < -0.4 is 0 Å². The molecule has 0 aromatic carbocycles. The fraction of sp³-hybridized carbons (Fsp3) is 0. The number of hydrogen-bond acceptors (Lipinski definition) is 1. The van der Waals surface area contributed by atoms with Gasteiger partial charge >= 0.3 is 19.3 Å². The van der Waals surface area contributed by atoms with Crippen molar-refractivity contribution in [2.75, 3.05) is 0 Å². The Kier molecular flexibility index (Phi) is 149. The van der Waals surface area contributed by atoms with Crippen LogP contribution in [0.4, 0.5) is 0 Å². The summed E-state index contributed by atoms with van der Waals surface area (Å²) in [4.78, 5) is 0. The van der Waals surface area contributed by atoms with Crippen molar-refractivity contribution < 1.29 is 69.0 Å². The van der Waals surface area contributed by atoms with Gasteiger partial charge in [-0.25, -0.2) is 0 Å². The van der Waals surface area contributed by atoms with Gasteiger partial charge in [0.1, 0.15) is 0 Å². The summed E-state index contributed by atoms with van der Waals surface area (Å²) < 4.78 is 7.88. The Morgan fingerprint density at radius 2 is 1.20 bits per heavy atom. The first-order valence-corrected chi connectivity index (χ1v) is 0.532. The summed E-state index contributed by atoms with van der Waals surface area (Å²) in [5.41, 5.74) is 0. The van der Waals surface area contributed by atoms with Gasteiger partial charge in [-0.2, -0.15) is 0 Å². The van der Waals surface area contributed by atoms with Crippen molar-refractivity contribution in [1.82, 2.24) is 0 Å². The third-order valence-corrected chi connectivity index (χ3v) is 0. The Morgan fingerprint density at radius 1 is 1.20 bits per heavy atom. The van der Waals surface area contributed by atoms with Crippen molar-refractivity contribution in [1.29, 1.82) is 0 Å². The summed E-state index contributed by atoms with van der Waals surface area (Å²) >= 11 is 2.62. The Labute approximate surface area is 91.2 Å². The Morgan fingerprint density at radius 3 is 1.20 bits per heavy atom. The largest absolute Gasteiger partial charge is 0 e. The van der Waals surface area contributed by atoms with E-state index in [1.807, 2.05) is 0 Å². The van der Waals surface area contributed by atoms with Crippen LogP contribution in [-0.4, -0.2) is 23.9 Å². The first-order valence-electron chi connectivity index (χ1n) is 0.129. The molecule has 0 heterocycles. The van der Waals surface area contributed by atoms with Crippen LogP contribution in [0.2, 0.25) is 0 Å². The summed E-state index contributed by atoms with van der Waals surface area (Å²) in [6.45, 7) is 0. The summed E-state index contributed by atoms with van der Waals surface area (Å²) in [6, 6.07) is 0. The van der Waals surface area contributed by atoms with Crippen molar-refractivity contribution in [3.63, 3.8) is 0 Å². The molecule has 0 aliphatic carbocycles. The van der Waals surface area contributed by atoms with Gasteiger partial charge in [0.25, 0.3) is 0 Å². The molecule has 0 atom stereocenters. The quantitative estimate of drug-likeness (QED) is 0.426. The van der Waals surface area contributed by atoms with Crippen LogP contribution in [0.5, 0.6) is 0 Å². The second-order valence-electron chi connectivity index (χ2n) is 0. The molecule has 5 heavy (non-hydrogen) atoms. The predicted octanol–water partition coefficient (Wildman–Crippen LogP) is -0.505. The zero-order valence-electron chi connectivity index (χ0n) is 2.17. The fourth-order valence-corrected chi connectivity index (χ4v) is 0. The maximum Gasteiger partial charge on any atom is 0 e. The first kappa shape index (κ1) is 25.2. The second-order valence-corrected chi connectivity index (χ2v) is 0. The van der Waals surface area contributed by atoms with Crippen molar-refractivity contribution in [2.45, 2.75) is 0 Å². The summed E-state index contributed by atoms with van der Waals surface area (Å²) in [5, 5.41) is 0. The molecular formula is NiOSnUV. The molecule has 0 unspecified atom stereocenters. The summed E-state index contributed by atoms with van der Waals surface area (Å²) in [7, 11) is 0. The molecule has 0 amide bonds. The van der Waals surface area contributed by atoms with Gasteiger partial charge in [-0.1, -0.05) is 0 Å². The molecule has 0 saturated heterocycles. The predicted molar refractivity (Wildman–Crippen MR) is 6.44 cm³/mol. The number of rotatable bonds is 0. The van der Waals surface area contributed by atoms with E-state index in [0.29, 0.717) is 0 Å². The maximum atomic E-state index is 7.88. The third kappa shape index (κ3) is 20.2. The molecule has 0 bridgehead atoms. The second kappa shape index (κ2) is 29.7. The van der Waals surface area contributed by atoms with Gasteiger partial charge in [0.05, 0.1) is 0 Å². The Bertz CT molecular complexity index is 11.6. The summed E-state index contributed by atoms with van der Waals surface area (Å²) in [5.74, 6) is 0. The molecule has 0 N–H and O–H groups in total. The van der Waals surface area contributed by atoms with Crippen molar-refractivity contribution in [3.8, 4) is 0 Å². The topological polar surface area (TPSA) is 17.1 Å². The van der Waals surface area contributed by atoms with Gasteiger partial charge in [0.15, 0.2) is 0 Å². The zero-order chi connectivity index (χ0) is 2.00. The van der Waals surface area contributed by atoms with Gasteiger partial charge in [0.2, 0.25) is 0 Å². The van der Waals surface area contributed by atoms with E-state index in [1.54, 1.807) is 0 Å². The molecule has 5 radical (unpaired) electrons. The standard InChI is InChI=1S/Ni.O.Sn.U.V. The maximum absolute atomic E-state index is 7.88. The molecule has 0 aliphatic heterocycles. The van der Waals surface area contributed by atoms with Crippen LogP contribution >= 0.6 is 0 Å². The molecular weight excluding hydrogens is 482 g/mol. The Hall–Kier alpha value is 2.73. The molecule has 0 saturated carbocycles. The SMILES string of the molecule is [O]=[Ni].[Sn].[U].[V].